The molecule has 3 heterocycles. The van der Waals surface area contributed by atoms with E-state index in [0.29, 0.717) is 23.1 Å². The Labute approximate surface area is 211 Å². The van der Waals surface area contributed by atoms with Gasteiger partial charge in [0.05, 0.1) is 20.4 Å². The summed E-state index contributed by atoms with van der Waals surface area (Å²) in [6, 6.07) is 15.5. The number of hydrogen-bond donors (Lipinski definition) is 3. The number of carboxylic acid groups (broad SMARTS) is 1. The number of benzene rings is 2. The van der Waals surface area contributed by atoms with Gasteiger partial charge in [-0.25, -0.2) is 4.98 Å². The van der Waals surface area contributed by atoms with E-state index in [1.165, 1.54) is 0 Å². The van der Waals surface area contributed by atoms with Gasteiger partial charge in [0.2, 0.25) is 0 Å². The van der Waals surface area contributed by atoms with Gasteiger partial charge < -0.3 is 20.3 Å². The Balaban J connectivity index is 1.71. The number of H-pyrrole nitrogens is 1. The fourth-order valence-corrected chi connectivity index (χ4v) is 5.46. The number of pyridine rings is 2. The molecule has 0 saturated carbocycles. The van der Waals surface area contributed by atoms with Crippen molar-refractivity contribution in [3.8, 4) is 0 Å². The zero-order valence-corrected chi connectivity index (χ0v) is 21.1. The number of para-hydroxylation sites is 1. The average molecular weight is 619 g/mol. The Morgan fingerprint density at radius 2 is 2.00 bits per heavy atom. The number of halogens is 2. The highest BCUT2D eigenvalue weighted by atomic mass is 127. The number of piperidine rings is 1. The summed E-state index contributed by atoms with van der Waals surface area (Å²) < 4.78 is 1.66. The Bertz CT molecular complexity index is 1430. The van der Waals surface area contributed by atoms with Crippen molar-refractivity contribution in [3.63, 3.8) is 0 Å². The van der Waals surface area contributed by atoms with E-state index in [1.807, 2.05) is 48.5 Å². The molecule has 3 N–H and O–H groups in total. The van der Waals surface area contributed by atoms with Crippen molar-refractivity contribution in [1.29, 1.82) is 0 Å². The number of anilines is 2. The van der Waals surface area contributed by atoms with Crippen molar-refractivity contribution in [2.24, 2.45) is 5.92 Å². The molecule has 9 heteroatoms. The van der Waals surface area contributed by atoms with Crippen LogP contribution in [0.15, 0.2) is 64.0 Å². The monoisotopic (exact) mass is 618 g/mol. The number of fused-ring (bicyclic) bond motifs is 3. The van der Waals surface area contributed by atoms with Gasteiger partial charge in [0, 0.05) is 33.7 Å². The van der Waals surface area contributed by atoms with Gasteiger partial charge in [-0.2, -0.15) is 0 Å². The minimum Gasteiger partial charge on any atom is -0.481 e. The fourth-order valence-electron chi connectivity index (χ4n) is 4.55. The van der Waals surface area contributed by atoms with Gasteiger partial charge in [-0.3, -0.25) is 9.59 Å². The van der Waals surface area contributed by atoms with Crippen LogP contribution in [0.4, 0.5) is 11.5 Å². The minimum atomic E-state index is -0.841. The Kier molecular flexibility index (Phi) is 6.00. The molecule has 5 rings (SSSR count). The van der Waals surface area contributed by atoms with Crippen molar-refractivity contribution in [3.05, 3.63) is 73.1 Å². The first-order valence-corrected chi connectivity index (χ1v) is 12.4. The molecule has 0 spiro atoms. The number of nitrogens with zero attached hydrogens (tertiary/aromatic N) is 2. The second-order valence-corrected chi connectivity index (χ2v) is 10.1. The molecule has 2 aromatic heterocycles. The summed E-state index contributed by atoms with van der Waals surface area (Å²) in [6.45, 7) is 0.736. The van der Waals surface area contributed by atoms with E-state index >= 15 is 0 Å². The lowest BCUT2D eigenvalue weighted by Crippen LogP contribution is -2.52. The second kappa shape index (κ2) is 8.94. The molecule has 1 aliphatic heterocycles. The maximum absolute atomic E-state index is 12.7. The molecule has 168 valence electrons. The largest absolute Gasteiger partial charge is 0.481 e. The average Bonchev–Trinajstić information content (AvgIpc) is 2.81. The van der Waals surface area contributed by atoms with Crippen LogP contribution in [0.3, 0.4) is 0 Å². The molecule has 0 radical (unpaired) electrons. The van der Waals surface area contributed by atoms with Crippen LogP contribution in [-0.2, 0) is 4.79 Å². The summed E-state index contributed by atoms with van der Waals surface area (Å²) in [5.74, 6) is -0.889. The third-order valence-electron chi connectivity index (χ3n) is 6.07. The van der Waals surface area contributed by atoms with E-state index in [1.54, 1.807) is 6.20 Å². The van der Waals surface area contributed by atoms with Gasteiger partial charge in [-0.15, -0.1) is 0 Å². The van der Waals surface area contributed by atoms with E-state index in [-0.39, 0.29) is 5.56 Å². The number of nitrogens with one attached hydrogen (secondary N) is 2. The molecule has 2 atom stereocenters. The zero-order chi connectivity index (χ0) is 23.1. The third-order valence-corrected chi connectivity index (χ3v) is 7.39. The van der Waals surface area contributed by atoms with Crippen LogP contribution in [0.1, 0.15) is 12.8 Å². The molecule has 1 fully saturated rings. The summed E-state index contributed by atoms with van der Waals surface area (Å²) in [5.41, 5.74) is 1.33. The Hall–Kier alpha value is -2.66. The molecular weight excluding hydrogens is 599 g/mol. The molecule has 0 bridgehead atoms. The van der Waals surface area contributed by atoms with Gasteiger partial charge in [0.15, 0.2) is 0 Å². The SMILES string of the molecule is O=C(O)[C@H]1CCCN(c2ccccc2)C1Nc1nc2c(I)c[nH]c(=O)c2c2cc(Br)ccc12. The predicted molar refractivity (Wildman–Crippen MR) is 142 cm³/mol. The summed E-state index contributed by atoms with van der Waals surface area (Å²) in [6.07, 6.45) is 2.51. The lowest BCUT2D eigenvalue weighted by atomic mass is 9.93. The van der Waals surface area contributed by atoms with E-state index < -0.39 is 18.1 Å². The van der Waals surface area contributed by atoms with Gasteiger partial charge in [0.1, 0.15) is 12.0 Å². The van der Waals surface area contributed by atoms with E-state index in [2.05, 4.69) is 53.7 Å². The first-order valence-electron chi connectivity index (χ1n) is 10.6. The summed E-state index contributed by atoms with van der Waals surface area (Å²) in [5, 5.41) is 15.5. The highest BCUT2D eigenvalue weighted by molar-refractivity contribution is 14.1. The van der Waals surface area contributed by atoms with Gasteiger partial charge in [0.25, 0.3) is 5.56 Å². The van der Waals surface area contributed by atoms with E-state index in [9.17, 15) is 14.7 Å². The van der Waals surface area contributed by atoms with Crippen LogP contribution in [0.5, 0.6) is 0 Å². The predicted octanol–water partition coefficient (Wildman–Crippen LogP) is 5.18. The third kappa shape index (κ3) is 4.08. The molecule has 7 nitrogen and oxygen atoms in total. The van der Waals surface area contributed by atoms with Gasteiger partial charge in [-0.05, 0) is 65.8 Å². The number of hydrogen-bond acceptors (Lipinski definition) is 5. The van der Waals surface area contributed by atoms with E-state index in [0.717, 1.165) is 37.5 Å². The molecule has 1 saturated heterocycles. The molecule has 0 aliphatic carbocycles. The van der Waals surface area contributed by atoms with Crippen LogP contribution >= 0.6 is 38.5 Å². The molecular formula is C24H20BrIN4O3. The Morgan fingerprint density at radius 1 is 1.21 bits per heavy atom. The number of carboxylic acids is 1. The second-order valence-electron chi connectivity index (χ2n) is 8.04. The molecule has 1 unspecified atom stereocenters. The topological polar surface area (TPSA) is 98.3 Å². The molecule has 0 amide bonds. The van der Waals surface area contributed by atoms with Crippen LogP contribution < -0.4 is 15.8 Å². The van der Waals surface area contributed by atoms with Crippen LogP contribution in [0.25, 0.3) is 21.7 Å². The summed E-state index contributed by atoms with van der Waals surface area (Å²) >= 11 is 5.67. The van der Waals surface area contributed by atoms with Crippen molar-refractivity contribution in [2.45, 2.75) is 19.0 Å². The maximum Gasteiger partial charge on any atom is 0.310 e. The van der Waals surface area contributed by atoms with Crippen molar-refractivity contribution in [1.82, 2.24) is 9.97 Å². The van der Waals surface area contributed by atoms with E-state index in [4.69, 9.17) is 4.98 Å². The standard InChI is InChI=1S/C24H20BrIN4O3/c25-13-8-9-15-17(11-13)19-20(18(26)12-27-23(19)31)28-21(15)29-22-16(24(32)33)7-4-10-30(22)14-5-2-1-3-6-14/h1-3,5-6,8-9,11-12,16,22H,4,7,10H2,(H,27,31)(H,28,29)(H,32,33)/t16-,22?/m0/s1. The van der Waals surface area contributed by atoms with Crippen LogP contribution in [0.2, 0.25) is 0 Å². The first kappa shape index (κ1) is 22.1. The Morgan fingerprint density at radius 3 is 2.76 bits per heavy atom. The van der Waals surface area contributed by atoms with Crippen molar-refractivity contribution in [2.75, 3.05) is 16.8 Å². The van der Waals surface area contributed by atoms with Crippen LogP contribution in [0, 0.1) is 9.49 Å². The number of aromatic nitrogens is 2. The van der Waals surface area contributed by atoms with Crippen molar-refractivity contribution >= 4 is 77.7 Å². The van der Waals surface area contributed by atoms with Gasteiger partial charge in [-0.1, -0.05) is 34.1 Å². The number of aliphatic carboxylic acids is 1. The molecule has 33 heavy (non-hydrogen) atoms. The molecule has 1 aliphatic rings. The molecule has 2 aromatic carbocycles. The number of aromatic amines is 1. The molecule has 4 aromatic rings. The maximum atomic E-state index is 12.7. The number of carbonyl (C=O) groups is 1. The zero-order valence-electron chi connectivity index (χ0n) is 17.4. The highest BCUT2D eigenvalue weighted by Crippen LogP contribution is 2.35. The normalized spacial score (nSPS) is 18.5. The highest BCUT2D eigenvalue weighted by Gasteiger charge is 2.37. The summed E-state index contributed by atoms with van der Waals surface area (Å²) in [7, 11) is 0. The lowest BCUT2D eigenvalue weighted by molar-refractivity contribution is -0.142. The van der Waals surface area contributed by atoms with Crippen LogP contribution in [-0.4, -0.2) is 33.8 Å². The fraction of sp³-hybridized carbons (Fsp3) is 0.208. The quantitative estimate of drug-likeness (QED) is 0.215. The lowest BCUT2D eigenvalue weighted by Gasteiger charge is -2.41. The first-order chi connectivity index (χ1) is 15.9. The number of rotatable bonds is 4. The minimum absolute atomic E-state index is 0.209. The smallest absolute Gasteiger partial charge is 0.310 e. The van der Waals surface area contributed by atoms with Gasteiger partial charge >= 0.3 is 5.97 Å². The summed E-state index contributed by atoms with van der Waals surface area (Å²) in [4.78, 5) is 34.6. The van der Waals surface area contributed by atoms with Crippen molar-refractivity contribution < 1.29 is 9.90 Å².